The maximum absolute atomic E-state index is 12.2. The second-order valence-electron chi connectivity index (χ2n) is 4.84. The molecule has 0 aliphatic carbocycles. The van der Waals surface area contributed by atoms with Crippen LogP contribution in [0, 0.1) is 12.8 Å². The SMILES string of the molecule is CCC1OCCC1C(=O)Cc1cccc(C)c1. The first kappa shape index (κ1) is 12.3. The first-order valence-electron chi connectivity index (χ1n) is 6.40. The Morgan fingerprint density at radius 1 is 1.47 bits per heavy atom. The van der Waals surface area contributed by atoms with Crippen molar-refractivity contribution in [3.8, 4) is 0 Å². The fourth-order valence-corrected chi connectivity index (χ4v) is 2.57. The van der Waals surface area contributed by atoms with Gasteiger partial charge in [-0.15, -0.1) is 0 Å². The molecule has 2 rings (SSSR count). The zero-order chi connectivity index (χ0) is 12.3. The molecule has 92 valence electrons. The molecular weight excluding hydrogens is 212 g/mol. The summed E-state index contributed by atoms with van der Waals surface area (Å²) in [6.07, 6.45) is 2.52. The monoisotopic (exact) mass is 232 g/mol. The standard InChI is InChI=1S/C15H20O2/c1-3-15-13(7-8-17-15)14(16)10-12-6-4-5-11(2)9-12/h4-6,9,13,15H,3,7-8,10H2,1-2H3. The summed E-state index contributed by atoms with van der Waals surface area (Å²) >= 11 is 0. The van der Waals surface area contributed by atoms with Crippen molar-refractivity contribution in [2.24, 2.45) is 5.92 Å². The predicted octanol–water partition coefficient (Wildman–Crippen LogP) is 2.92. The number of carbonyl (C=O) groups is 1. The summed E-state index contributed by atoms with van der Waals surface area (Å²) in [6.45, 7) is 4.88. The van der Waals surface area contributed by atoms with Crippen LogP contribution in [0.2, 0.25) is 0 Å². The normalized spacial score (nSPS) is 23.9. The average Bonchev–Trinajstić information content (AvgIpc) is 2.77. The van der Waals surface area contributed by atoms with Crippen molar-refractivity contribution < 1.29 is 9.53 Å². The number of carbonyl (C=O) groups excluding carboxylic acids is 1. The van der Waals surface area contributed by atoms with Gasteiger partial charge in [-0.3, -0.25) is 4.79 Å². The highest BCUT2D eigenvalue weighted by Gasteiger charge is 2.32. The zero-order valence-corrected chi connectivity index (χ0v) is 10.6. The number of hydrogen-bond donors (Lipinski definition) is 0. The van der Waals surface area contributed by atoms with Crippen molar-refractivity contribution in [1.29, 1.82) is 0 Å². The Bertz CT molecular complexity index is 398. The van der Waals surface area contributed by atoms with E-state index in [9.17, 15) is 4.79 Å². The van der Waals surface area contributed by atoms with Crippen LogP contribution in [-0.2, 0) is 16.0 Å². The molecule has 2 nitrogen and oxygen atoms in total. The van der Waals surface area contributed by atoms with Crippen molar-refractivity contribution in [1.82, 2.24) is 0 Å². The molecular formula is C15H20O2. The third-order valence-electron chi connectivity index (χ3n) is 3.49. The highest BCUT2D eigenvalue weighted by atomic mass is 16.5. The molecule has 2 heteroatoms. The van der Waals surface area contributed by atoms with Gasteiger partial charge in [-0.2, -0.15) is 0 Å². The predicted molar refractivity (Wildman–Crippen MR) is 68.0 cm³/mol. The fourth-order valence-electron chi connectivity index (χ4n) is 2.57. The summed E-state index contributed by atoms with van der Waals surface area (Å²) in [7, 11) is 0. The molecule has 0 N–H and O–H groups in total. The van der Waals surface area contributed by atoms with Gasteiger partial charge in [0.1, 0.15) is 5.78 Å². The summed E-state index contributed by atoms with van der Waals surface area (Å²) in [5, 5.41) is 0. The van der Waals surface area contributed by atoms with Gasteiger partial charge in [0.15, 0.2) is 0 Å². The van der Waals surface area contributed by atoms with Gasteiger partial charge in [0.2, 0.25) is 0 Å². The highest BCUT2D eigenvalue weighted by Crippen LogP contribution is 2.25. The van der Waals surface area contributed by atoms with Crippen molar-refractivity contribution in [3.63, 3.8) is 0 Å². The largest absolute Gasteiger partial charge is 0.377 e. The Labute approximate surface area is 103 Å². The molecule has 1 aromatic carbocycles. The third-order valence-corrected chi connectivity index (χ3v) is 3.49. The van der Waals surface area contributed by atoms with Crippen molar-refractivity contribution in [2.45, 2.75) is 39.2 Å². The Kier molecular flexibility index (Phi) is 3.95. The Balaban J connectivity index is 2.01. The second-order valence-corrected chi connectivity index (χ2v) is 4.84. The first-order chi connectivity index (χ1) is 8.20. The van der Waals surface area contributed by atoms with E-state index in [2.05, 4.69) is 26.0 Å². The number of rotatable bonds is 4. The lowest BCUT2D eigenvalue weighted by Gasteiger charge is -2.15. The number of ketones is 1. The number of benzene rings is 1. The Morgan fingerprint density at radius 3 is 3.00 bits per heavy atom. The fraction of sp³-hybridized carbons (Fsp3) is 0.533. The van der Waals surface area contributed by atoms with Crippen LogP contribution in [-0.4, -0.2) is 18.5 Å². The molecule has 1 fully saturated rings. The zero-order valence-electron chi connectivity index (χ0n) is 10.6. The molecule has 0 amide bonds. The lowest BCUT2D eigenvalue weighted by atomic mass is 9.91. The van der Waals surface area contributed by atoms with Gasteiger partial charge in [0.25, 0.3) is 0 Å². The Hall–Kier alpha value is -1.15. The van der Waals surface area contributed by atoms with Crippen LogP contribution >= 0.6 is 0 Å². The number of hydrogen-bond acceptors (Lipinski definition) is 2. The van der Waals surface area contributed by atoms with Crippen molar-refractivity contribution in [2.75, 3.05) is 6.61 Å². The van der Waals surface area contributed by atoms with Crippen LogP contribution in [0.15, 0.2) is 24.3 Å². The van der Waals surface area contributed by atoms with Gasteiger partial charge >= 0.3 is 0 Å². The van der Waals surface area contributed by atoms with Crippen LogP contribution in [0.1, 0.15) is 30.9 Å². The minimum Gasteiger partial charge on any atom is -0.377 e. The van der Waals surface area contributed by atoms with Crippen LogP contribution in [0.4, 0.5) is 0 Å². The van der Waals surface area contributed by atoms with Crippen molar-refractivity contribution >= 4 is 5.78 Å². The molecule has 0 aromatic heterocycles. The van der Waals surface area contributed by atoms with Gasteiger partial charge in [-0.1, -0.05) is 36.8 Å². The summed E-state index contributed by atoms with van der Waals surface area (Å²) < 4.78 is 5.58. The van der Waals surface area contributed by atoms with Crippen LogP contribution in [0.3, 0.4) is 0 Å². The molecule has 1 aromatic rings. The summed E-state index contributed by atoms with van der Waals surface area (Å²) in [4.78, 5) is 12.2. The van der Waals surface area contributed by atoms with E-state index in [1.165, 1.54) is 5.56 Å². The second kappa shape index (κ2) is 5.46. The molecule has 17 heavy (non-hydrogen) atoms. The highest BCUT2D eigenvalue weighted by molar-refractivity contribution is 5.84. The van der Waals surface area contributed by atoms with Crippen molar-refractivity contribution in [3.05, 3.63) is 35.4 Å². The van der Waals surface area contributed by atoms with E-state index in [0.717, 1.165) is 25.0 Å². The molecule has 2 unspecified atom stereocenters. The van der Waals surface area contributed by atoms with Gasteiger partial charge in [-0.25, -0.2) is 0 Å². The first-order valence-corrected chi connectivity index (χ1v) is 6.40. The molecule has 0 radical (unpaired) electrons. The van der Waals surface area contributed by atoms with E-state index < -0.39 is 0 Å². The maximum atomic E-state index is 12.2. The van der Waals surface area contributed by atoms with Gasteiger partial charge in [0.05, 0.1) is 6.10 Å². The lowest BCUT2D eigenvalue weighted by Crippen LogP contribution is -2.25. The number of aryl methyl sites for hydroxylation is 1. The van der Waals surface area contributed by atoms with E-state index in [0.29, 0.717) is 12.2 Å². The van der Waals surface area contributed by atoms with E-state index in [-0.39, 0.29) is 12.0 Å². The summed E-state index contributed by atoms with van der Waals surface area (Å²) in [5.41, 5.74) is 2.33. The number of ether oxygens (including phenoxy) is 1. The van der Waals surface area contributed by atoms with Gasteiger partial charge in [0, 0.05) is 18.9 Å². The maximum Gasteiger partial charge on any atom is 0.143 e. The minimum absolute atomic E-state index is 0.112. The van der Waals surface area contributed by atoms with E-state index >= 15 is 0 Å². The molecule has 0 spiro atoms. The summed E-state index contributed by atoms with van der Waals surface area (Å²) in [5.74, 6) is 0.445. The third kappa shape index (κ3) is 2.95. The van der Waals surface area contributed by atoms with Crippen LogP contribution < -0.4 is 0 Å². The molecule has 1 heterocycles. The molecule has 2 atom stereocenters. The van der Waals surface area contributed by atoms with Gasteiger partial charge in [-0.05, 0) is 25.3 Å². The van der Waals surface area contributed by atoms with E-state index in [1.54, 1.807) is 0 Å². The number of Topliss-reactive ketones (excluding diaryl/α,β-unsaturated/α-hetero) is 1. The quantitative estimate of drug-likeness (QED) is 0.798. The molecule has 1 aliphatic rings. The molecule has 1 saturated heterocycles. The minimum atomic E-state index is 0.112. The van der Waals surface area contributed by atoms with Gasteiger partial charge < -0.3 is 4.74 Å². The smallest absolute Gasteiger partial charge is 0.143 e. The molecule has 0 bridgehead atoms. The summed E-state index contributed by atoms with van der Waals surface area (Å²) in [6, 6.07) is 8.19. The van der Waals surface area contributed by atoms with Crippen LogP contribution in [0.5, 0.6) is 0 Å². The molecule has 0 saturated carbocycles. The van der Waals surface area contributed by atoms with E-state index in [4.69, 9.17) is 4.74 Å². The van der Waals surface area contributed by atoms with E-state index in [1.807, 2.05) is 12.1 Å². The lowest BCUT2D eigenvalue weighted by molar-refractivity contribution is -0.123. The molecule has 1 aliphatic heterocycles. The average molecular weight is 232 g/mol. The topological polar surface area (TPSA) is 26.3 Å². The Morgan fingerprint density at radius 2 is 2.29 bits per heavy atom. The van der Waals surface area contributed by atoms with Crippen LogP contribution in [0.25, 0.3) is 0 Å².